The first-order valence-corrected chi connectivity index (χ1v) is 6.53. The minimum atomic E-state index is -3.45. The molecule has 3 nitrogen and oxygen atoms in total. The average molecular weight is 236 g/mol. The Morgan fingerprint density at radius 1 is 1.06 bits per heavy atom. The number of benzene rings is 1. The Kier molecular flexibility index (Phi) is 2.68. The normalized spacial score (nSPS) is 16.3. The Morgan fingerprint density at radius 3 is 2.19 bits per heavy atom. The summed E-state index contributed by atoms with van der Waals surface area (Å²) < 4.78 is 24.1. The Labute approximate surface area is 94.7 Å². The zero-order valence-corrected chi connectivity index (χ0v) is 9.75. The lowest BCUT2D eigenvalue weighted by Gasteiger charge is -2.04. The largest absolute Gasteiger partial charge is 0.295 e. The molecule has 0 spiro atoms. The van der Waals surface area contributed by atoms with E-state index in [9.17, 15) is 13.2 Å². The topological polar surface area (TPSA) is 51.2 Å². The van der Waals surface area contributed by atoms with Crippen molar-refractivity contribution in [3.8, 4) is 0 Å². The zero-order valence-electron chi connectivity index (χ0n) is 8.93. The SMILES string of the molecule is Cc1ccc(S(=O)(=O)C2=CC(=O)CC2)cc1. The van der Waals surface area contributed by atoms with Gasteiger partial charge in [-0.2, -0.15) is 0 Å². The van der Waals surface area contributed by atoms with Crippen molar-refractivity contribution in [2.75, 3.05) is 0 Å². The maximum Gasteiger partial charge on any atom is 0.202 e. The lowest BCUT2D eigenvalue weighted by molar-refractivity contribution is -0.114. The number of sulfone groups is 1. The molecule has 0 saturated carbocycles. The molecule has 0 fully saturated rings. The van der Waals surface area contributed by atoms with Gasteiger partial charge in [0.1, 0.15) is 0 Å². The first-order chi connectivity index (χ1) is 7.50. The van der Waals surface area contributed by atoms with Crippen molar-refractivity contribution < 1.29 is 13.2 Å². The summed E-state index contributed by atoms with van der Waals surface area (Å²) in [5, 5.41) is 0. The smallest absolute Gasteiger partial charge is 0.202 e. The molecule has 0 amide bonds. The molecule has 4 heteroatoms. The number of rotatable bonds is 2. The van der Waals surface area contributed by atoms with E-state index >= 15 is 0 Å². The number of carbonyl (C=O) groups is 1. The van der Waals surface area contributed by atoms with Gasteiger partial charge in [-0.05, 0) is 31.6 Å². The summed E-state index contributed by atoms with van der Waals surface area (Å²) in [6, 6.07) is 6.66. The highest BCUT2D eigenvalue weighted by molar-refractivity contribution is 7.95. The minimum absolute atomic E-state index is 0.106. The van der Waals surface area contributed by atoms with E-state index in [1.54, 1.807) is 24.3 Å². The molecule has 2 rings (SSSR count). The maximum absolute atomic E-state index is 12.1. The van der Waals surface area contributed by atoms with Crippen molar-refractivity contribution >= 4 is 15.6 Å². The molecular weight excluding hydrogens is 224 g/mol. The van der Waals surface area contributed by atoms with Crippen molar-refractivity contribution in [1.29, 1.82) is 0 Å². The van der Waals surface area contributed by atoms with E-state index < -0.39 is 9.84 Å². The van der Waals surface area contributed by atoms with Crippen LogP contribution in [0, 0.1) is 6.92 Å². The highest BCUT2D eigenvalue weighted by Gasteiger charge is 2.25. The van der Waals surface area contributed by atoms with Gasteiger partial charge in [-0.3, -0.25) is 4.79 Å². The Balaban J connectivity index is 2.44. The maximum atomic E-state index is 12.1. The standard InChI is InChI=1S/C12H12O3S/c1-9-2-5-11(6-3-9)16(14,15)12-7-4-10(13)8-12/h2-3,5-6,8H,4,7H2,1H3. The molecule has 0 N–H and O–H groups in total. The van der Waals surface area contributed by atoms with E-state index in [0.29, 0.717) is 12.8 Å². The second kappa shape index (κ2) is 3.87. The van der Waals surface area contributed by atoms with E-state index in [2.05, 4.69) is 0 Å². The fraction of sp³-hybridized carbons (Fsp3) is 0.250. The molecule has 0 radical (unpaired) electrons. The van der Waals surface area contributed by atoms with Crippen LogP contribution in [0.3, 0.4) is 0 Å². The quantitative estimate of drug-likeness (QED) is 0.789. The predicted octanol–water partition coefficient (Wildman–Crippen LogP) is 2.02. The molecule has 0 aliphatic heterocycles. The molecule has 0 bridgehead atoms. The van der Waals surface area contributed by atoms with Gasteiger partial charge < -0.3 is 0 Å². The summed E-state index contributed by atoms with van der Waals surface area (Å²) in [5.74, 6) is -0.106. The van der Waals surface area contributed by atoms with Gasteiger partial charge in [-0.15, -0.1) is 0 Å². The van der Waals surface area contributed by atoms with Crippen LogP contribution in [0.2, 0.25) is 0 Å². The number of hydrogen-bond donors (Lipinski definition) is 0. The predicted molar refractivity (Wildman–Crippen MR) is 60.7 cm³/mol. The monoisotopic (exact) mass is 236 g/mol. The van der Waals surface area contributed by atoms with Crippen molar-refractivity contribution in [1.82, 2.24) is 0 Å². The van der Waals surface area contributed by atoms with Gasteiger partial charge in [0.25, 0.3) is 0 Å². The second-order valence-corrected chi connectivity index (χ2v) is 5.90. The first kappa shape index (κ1) is 11.1. The summed E-state index contributed by atoms with van der Waals surface area (Å²) in [4.78, 5) is 11.5. The Bertz CT molecular complexity index is 550. The van der Waals surface area contributed by atoms with Crippen molar-refractivity contribution in [2.24, 2.45) is 0 Å². The summed E-state index contributed by atoms with van der Waals surface area (Å²) in [7, 11) is -3.45. The number of allylic oxidation sites excluding steroid dienone is 2. The van der Waals surface area contributed by atoms with E-state index in [1.165, 1.54) is 6.08 Å². The molecule has 0 saturated heterocycles. The van der Waals surface area contributed by atoms with Gasteiger partial charge in [0.2, 0.25) is 9.84 Å². The number of hydrogen-bond acceptors (Lipinski definition) is 3. The van der Waals surface area contributed by atoms with E-state index in [0.717, 1.165) is 5.56 Å². The van der Waals surface area contributed by atoms with E-state index in [1.807, 2.05) is 6.92 Å². The van der Waals surface area contributed by atoms with Crippen LogP contribution in [-0.4, -0.2) is 14.2 Å². The Morgan fingerprint density at radius 2 is 1.69 bits per heavy atom. The molecule has 0 heterocycles. The number of carbonyl (C=O) groups excluding carboxylic acids is 1. The highest BCUT2D eigenvalue weighted by atomic mass is 32.2. The van der Waals surface area contributed by atoms with E-state index in [4.69, 9.17) is 0 Å². The van der Waals surface area contributed by atoms with Crippen LogP contribution in [0.15, 0.2) is 40.1 Å². The average Bonchev–Trinajstić information content (AvgIpc) is 2.66. The number of aryl methyl sites for hydroxylation is 1. The van der Waals surface area contributed by atoms with Crippen LogP contribution in [0.25, 0.3) is 0 Å². The second-order valence-electron chi connectivity index (χ2n) is 3.89. The fourth-order valence-electron chi connectivity index (χ4n) is 1.65. The van der Waals surface area contributed by atoms with Crippen molar-refractivity contribution in [3.05, 3.63) is 40.8 Å². The molecule has 16 heavy (non-hydrogen) atoms. The molecule has 1 aliphatic rings. The molecule has 1 aliphatic carbocycles. The van der Waals surface area contributed by atoms with Gasteiger partial charge in [0.05, 0.1) is 9.80 Å². The summed E-state index contributed by atoms with van der Waals surface area (Å²) >= 11 is 0. The summed E-state index contributed by atoms with van der Waals surface area (Å²) in [5.41, 5.74) is 1.01. The lowest BCUT2D eigenvalue weighted by atomic mass is 10.2. The molecule has 0 aromatic heterocycles. The summed E-state index contributed by atoms with van der Waals surface area (Å²) in [6.45, 7) is 1.90. The third-order valence-corrected chi connectivity index (χ3v) is 4.52. The first-order valence-electron chi connectivity index (χ1n) is 5.05. The molecule has 1 aromatic rings. The van der Waals surface area contributed by atoms with Gasteiger partial charge in [-0.1, -0.05) is 17.7 Å². The molecule has 1 aromatic carbocycles. The van der Waals surface area contributed by atoms with Crippen LogP contribution in [0.5, 0.6) is 0 Å². The third-order valence-electron chi connectivity index (χ3n) is 2.62. The van der Waals surface area contributed by atoms with Crippen molar-refractivity contribution in [3.63, 3.8) is 0 Å². The zero-order chi connectivity index (χ0) is 11.8. The lowest BCUT2D eigenvalue weighted by Crippen LogP contribution is -2.02. The van der Waals surface area contributed by atoms with Crippen LogP contribution in [-0.2, 0) is 14.6 Å². The van der Waals surface area contributed by atoms with E-state index in [-0.39, 0.29) is 15.6 Å². The van der Waals surface area contributed by atoms with Gasteiger partial charge >= 0.3 is 0 Å². The van der Waals surface area contributed by atoms with Crippen LogP contribution in [0.1, 0.15) is 18.4 Å². The minimum Gasteiger partial charge on any atom is -0.295 e. The van der Waals surface area contributed by atoms with Crippen LogP contribution in [0.4, 0.5) is 0 Å². The fourth-order valence-corrected chi connectivity index (χ4v) is 3.11. The van der Waals surface area contributed by atoms with Crippen molar-refractivity contribution in [2.45, 2.75) is 24.7 Å². The molecular formula is C12H12O3S. The summed E-state index contributed by atoms with van der Waals surface area (Å²) in [6.07, 6.45) is 1.88. The Hall–Kier alpha value is -1.42. The third kappa shape index (κ3) is 1.93. The van der Waals surface area contributed by atoms with Gasteiger partial charge in [0, 0.05) is 6.42 Å². The van der Waals surface area contributed by atoms with Crippen LogP contribution < -0.4 is 0 Å². The highest BCUT2D eigenvalue weighted by Crippen LogP contribution is 2.27. The van der Waals surface area contributed by atoms with Gasteiger partial charge in [0.15, 0.2) is 5.78 Å². The number of ketones is 1. The molecule has 0 atom stereocenters. The molecule has 84 valence electrons. The van der Waals surface area contributed by atoms with Crippen LogP contribution >= 0.6 is 0 Å². The van der Waals surface area contributed by atoms with Gasteiger partial charge in [-0.25, -0.2) is 8.42 Å². The molecule has 0 unspecified atom stereocenters.